The lowest BCUT2D eigenvalue weighted by atomic mass is 10.1. The minimum absolute atomic E-state index is 0.150. The SMILES string of the molecule is Cc1ccc(-c2nc(C(=O)Oc3cc(C(=O)N(C)C)ccc3C)cs2)c(C)c1. The molecule has 0 spiro atoms. The molecule has 1 amide bonds. The molecule has 3 aromatic rings. The minimum Gasteiger partial charge on any atom is -0.421 e. The van der Waals surface area contributed by atoms with Crippen molar-refractivity contribution >= 4 is 23.2 Å². The second-order valence-corrected chi connectivity index (χ2v) is 7.78. The molecule has 3 rings (SSSR count). The van der Waals surface area contributed by atoms with Crippen LogP contribution < -0.4 is 4.74 Å². The standard InChI is InChI=1S/C22H22N2O3S/c1-13-6-9-17(15(3)10-13)20-23-18(12-28-20)22(26)27-19-11-16(8-7-14(19)2)21(25)24(4)5/h6-12H,1-5H3. The van der Waals surface area contributed by atoms with Crippen LogP contribution in [0.5, 0.6) is 5.75 Å². The van der Waals surface area contributed by atoms with Crippen LogP contribution in [-0.2, 0) is 0 Å². The predicted octanol–water partition coefficient (Wildman–Crippen LogP) is 4.66. The number of hydrogen-bond donors (Lipinski definition) is 0. The van der Waals surface area contributed by atoms with E-state index in [4.69, 9.17) is 4.74 Å². The van der Waals surface area contributed by atoms with Crippen molar-refractivity contribution in [3.05, 3.63) is 69.7 Å². The number of aryl methyl sites for hydroxylation is 3. The summed E-state index contributed by atoms with van der Waals surface area (Å²) >= 11 is 1.40. The molecule has 6 heteroatoms. The molecule has 0 aliphatic rings. The van der Waals surface area contributed by atoms with Crippen molar-refractivity contribution in [2.45, 2.75) is 20.8 Å². The van der Waals surface area contributed by atoms with E-state index in [9.17, 15) is 9.59 Å². The van der Waals surface area contributed by atoms with Crippen molar-refractivity contribution < 1.29 is 14.3 Å². The highest BCUT2D eigenvalue weighted by atomic mass is 32.1. The summed E-state index contributed by atoms with van der Waals surface area (Å²) in [5, 5.41) is 2.47. The third kappa shape index (κ3) is 4.12. The Labute approximate surface area is 168 Å². The molecule has 0 atom stereocenters. The summed E-state index contributed by atoms with van der Waals surface area (Å²) in [4.78, 5) is 30.7. The van der Waals surface area contributed by atoms with Gasteiger partial charge < -0.3 is 9.64 Å². The monoisotopic (exact) mass is 394 g/mol. The van der Waals surface area contributed by atoms with Gasteiger partial charge >= 0.3 is 5.97 Å². The van der Waals surface area contributed by atoms with E-state index in [0.717, 1.165) is 21.7 Å². The van der Waals surface area contributed by atoms with Gasteiger partial charge in [0, 0.05) is 30.6 Å². The Morgan fingerprint density at radius 3 is 2.43 bits per heavy atom. The zero-order chi connectivity index (χ0) is 20.4. The maximum Gasteiger partial charge on any atom is 0.363 e. The Bertz CT molecular complexity index is 1050. The quantitative estimate of drug-likeness (QED) is 0.477. The first kappa shape index (κ1) is 19.8. The van der Waals surface area contributed by atoms with E-state index in [-0.39, 0.29) is 11.6 Å². The third-order valence-electron chi connectivity index (χ3n) is 4.37. The average molecular weight is 394 g/mol. The predicted molar refractivity (Wildman–Crippen MR) is 111 cm³/mol. The summed E-state index contributed by atoms with van der Waals surface area (Å²) in [6.07, 6.45) is 0. The Morgan fingerprint density at radius 2 is 1.75 bits per heavy atom. The summed E-state index contributed by atoms with van der Waals surface area (Å²) in [5.41, 5.74) is 4.79. The van der Waals surface area contributed by atoms with Crippen molar-refractivity contribution in [3.8, 4) is 16.3 Å². The molecule has 28 heavy (non-hydrogen) atoms. The number of nitrogens with zero attached hydrogens (tertiary/aromatic N) is 2. The maximum absolute atomic E-state index is 12.6. The smallest absolute Gasteiger partial charge is 0.363 e. The number of thiazole rings is 1. The Balaban J connectivity index is 1.83. The van der Waals surface area contributed by atoms with Crippen LogP contribution in [0.15, 0.2) is 41.8 Å². The van der Waals surface area contributed by atoms with Crippen LogP contribution in [0.2, 0.25) is 0 Å². The topological polar surface area (TPSA) is 59.5 Å². The molecular formula is C22H22N2O3S. The fourth-order valence-corrected chi connectivity index (χ4v) is 3.68. The molecule has 0 radical (unpaired) electrons. The van der Waals surface area contributed by atoms with E-state index in [2.05, 4.69) is 11.1 Å². The van der Waals surface area contributed by atoms with Crippen LogP contribution in [0.1, 0.15) is 37.5 Å². The second kappa shape index (κ2) is 7.94. The zero-order valence-electron chi connectivity index (χ0n) is 16.6. The molecule has 0 fully saturated rings. The molecule has 0 saturated carbocycles. The first-order valence-corrected chi connectivity index (χ1v) is 9.72. The van der Waals surface area contributed by atoms with Gasteiger partial charge in [0.2, 0.25) is 0 Å². The van der Waals surface area contributed by atoms with Crippen LogP contribution >= 0.6 is 11.3 Å². The van der Waals surface area contributed by atoms with Gasteiger partial charge in [0.15, 0.2) is 5.69 Å². The number of benzene rings is 2. The average Bonchev–Trinajstić information content (AvgIpc) is 3.12. The zero-order valence-corrected chi connectivity index (χ0v) is 17.4. The number of amides is 1. The molecule has 0 aliphatic carbocycles. The van der Waals surface area contributed by atoms with Gasteiger partial charge in [0.05, 0.1) is 0 Å². The summed E-state index contributed by atoms with van der Waals surface area (Å²) in [6, 6.07) is 11.2. The largest absolute Gasteiger partial charge is 0.421 e. The molecule has 144 valence electrons. The first-order chi connectivity index (χ1) is 13.3. The molecule has 2 aromatic carbocycles. The van der Waals surface area contributed by atoms with Crippen molar-refractivity contribution in [2.24, 2.45) is 0 Å². The molecule has 0 aliphatic heterocycles. The number of carbonyl (C=O) groups excluding carboxylic acids is 2. The highest BCUT2D eigenvalue weighted by Crippen LogP contribution is 2.28. The molecule has 0 bridgehead atoms. The van der Waals surface area contributed by atoms with E-state index in [1.54, 1.807) is 37.7 Å². The highest BCUT2D eigenvalue weighted by molar-refractivity contribution is 7.13. The normalized spacial score (nSPS) is 10.6. The van der Waals surface area contributed by atoms with Gasteiger partial charge in [-0.25, -0.2) is 9.78 Å². The van der Waals surface area contributed by atoms with Crippen molar-refractivity contribution in [1.82, 2.24) is 9.88 Å². The molecule has 1 heterocycles. The minimum atomic E-state index is -0.537. The summed E-state index contributed by atoms with van der Waals surface area (Å²) in [6.45, 7) is 5.89. The third-order valence-corrected chi connectivity index (χ3v) is 5.25. The lowest BCUT2D eigenvalue weighted by Crippen LogP contribution is -2.21. The number of rotatable bonds is 4. The van der Waals surface area contributed by atoms with Crippen LogP contribution in [-0.4, -0.2) is 35.9 Å². The van der Waals surface area contributed by atoms with Gasteiger partial charge in [-0.05, 0) is 44.0 Å². The molecule has 0 unspecified atom stereocenters. The van der Waals surface area contributed by atoms with Crippen molar-refractivity contribution in [1.29, 1.82) is 0 Å². The number of hydrogen-bond acceptors (Lipinski definition) is 5. The van der Waals surface area contributed by atoms with E-state index >= 15 is 0 Å². The van der Waals surface area contributed by atoms with Crippen LogP contribution in [0.4, 0.5) is 0 Å². The fourth-order valence-electron chi connectivity index (χ4n) is 2.80. The summed E-state index contributed by atoms with van der Waals surface area (Å²) in [7, 11) is 3.36. The van der Waals surface area contributed by atoms with Gasteiger partial charge in [-0.15, -0.1) is 11.3 Å². The summed E-state index contributed by atoms with van der Waals surface area (Å²) in [5.74, 6) is -0.327. The van der Waals surface area contributed by atoms with Gasteiger partial charge in [0.1, 0.15) is 10.8 Å². The molecule has 1 aromatic heterocycles. The Kier molecular flexibility index (Phi) is 5.61. The Hall–Kier alpha value is -2.99. The van der Waals surface area contributed by atoms with Gasteiger partial charge in [-0.2, -0.15) is 0 Å². The van der Waals surface area contributed by atoms with E-state index < -0.39 is 5.97 Å². The highest BCUT2D eigenvalue weighted by Gasteiger charge is 2.18. The van der Waals surface area contributed by atoms with E-state index in [1.165, 1.54) is 21.8 Å². The van der Waals surface area contributed by atoms with Crippen LogP contribution in [0.25, 0.3) is 10.6 Å². The maximum atomic E-state index is 12.6. The van der Waals surface area contributed by atoms with E-state index in [0.29, 0.717) is 11.3 Å². The lowest BCUT2D eigenvalue weighted by molar-refractivity contribution is 0.0725. The van der Waals surface area contributed by atoms with Gasteiger partial charge in [-0.1, -0.05) is 29.8 Å². The number of carbonyl (C=O) groups is 2. The van der Waals surface area contributed by atoms with Crippen molar-refractivity contribution in [2.75, 3.05) is 14.1 Å². The van der Waals surface area contributed by atoms with Crippen molar-refractivity contribution in [3.63, 3.8) is 0 Å². The Morgan fingerprint density at radius 1 is 1.00 bits per heavy atom. The van der Waals surface area contributed by atoms with Crippen LogP contribution in [0.3, 0.4) is 0 Å². The van der Waals surface area contributed by atoms with Gasteiger partial charge in [-0.3, -0.25) is 4.79 Å². The lowest BCUT2D eigenvalue weighted by Gasteiger charge is -2.12. The van der Waals surface area contributed by atoms with E-state index in [1.807, 2.05) is 32.9 Å². The molecule has 0 N–H and O–H groups in total. The fraction of sp³-hybridized carbons (Fsp3) is 0.227. The van der Waals surface area contributed by atoms with Crippen LogP contribution in [0, 0.1) is 20.8 Å². The number of aromatic nitrogens is 1. The summed E-state index contributed by atoms with van der Waals surface area (Å²) < 4.78 is 5.53. The molecule has 5 nitrogen and oxygen atoms in total. The molecular weight excluding hydrogens is 372 g/mol. The number of ether oxygens (including phenoxy) is 1. The van der Waals surface area contributed by atoms with Gasteiger partial charge in [0.25, 0.3) is 5.91 Å². The molecule has 0 saturated heterocycles. The second-order valence-electron chi connectivity index (χ2n) is 6.93. The first-order valence-electron chi connectivity index (χ1n) is 8.84. The number of esters is 1.